The van der Waals surface area contributed by atoms with E-state index in [1.54, 1.807) is 12.1 Å². The van der Waals surface area contributed by atoms with Gasteiger partial charge in [-0.1, -0.05) is 18.2 Å². The Morgan fingerprint density at radius 3 is 2.86 bits per heavy atom. The molecule has 4 nitrogen and oxygen atoms in total. The lowest BCUT2D eigenvalue weighted by atomic mass is 10.2. The van der Waals surface area contributed by atoms with Crippen LogP contribution >= 0.6 is 22.9 Å². The molecule has 0 atom stereocenters. The average Bonchev–Trinajstić information content (AvgIpc) is 3.04. The standard InChI is InChI=1S/C14H13FN4S2/c1-8-7-20-14(18-8)11-12(16)19-21-13(11)17-6-9-4-2-3-5-10(9)15/h2-5,7,17H,6H2,1H3,(H2,16,19). The smallest absolute Gasteiger partial charge is 0.149 e. The number of aromatic nitrogens is 2. The molecule has 0 radical (unpaired) electrons. The number of thiazole rings is 1. The van der Waals surface area contributed by atoms with Crippen LogP contribution in [0.15, 0.2) is 29.6 Å². The number of hydrogen-bond donors (Lipinski definition) is 2. The van der Waals surface area contributed by atoms with Crippen LogP contribution in [-0.2, 0) is 6.54 Å². The van der Waals surface area contributed by atoms with Gasteiger partial charge >= 0.3 is 0 Å². The van der Waals surface area contributed by atoms with Crippen LogP contribution in [0.25, 0.3) is 10.6 Å². The Morgan fingerprint density at radius 2 is 2.14 bits per heavy atom. The summed E-state index contributed by atoms with van der Waals surface area (Å²) in [7, 11) is 0. The summed E-state index contributed by atoms with van der Waals surface area (Å²) in [6.07, 6.45) is 0. The topological polar surface area (TPSA) is 63.8 Å². The number of hydrogen-bond acceptors (Lipinski definition) is 6. The maximum absolute atomic E-state index is 13.6. The molecule has 7 heteroatoms. The monoisotopic (exact) mass is 320 g/mol. The third kappa shape index (κ3) is 2.88. The van der Waals surface area contributed by atoms with E-state index in [1.807, 2.05) is 18.4 Å². The molecule has 0 aliphatic heterocycles. The Labute approximate surface area is 129 Å². The van der Waals surface area contributed by atoms with Gasteiger partial charge in [-0.2, -0.15) is 4.37 Å². The maximum Gasteiger partial charge on any atom is 0.149 e. The highest BCUT2D eigenvalue weighted by atomic mass is 32.1. The summed E-state index contributed by atoms with van der Waals surface area (Å²) in [5, 5.41) is 6.81. The number of anilines is 2. The third-order valence-corrected chi connectivity index (χ3v) is 4.75. The molecule has 108 valence electrons. The highest BCUT2D eigenvalue weighted by Crippen LogP contribution is 2.38. The summed E-state index contributed by atoms with van der Waals surface area (Å²) in [6.45, 7) is 2.31. The molecule has 3 rings (SSSR count). The van der Waals surface area contributed by atoms with Crippen LogP contribution in [0.2, 0.25) is 0 Å². The molecule has 0 fully saturated rings. The van der Waals surface area contributed by atoms with E-state index in [1.165, 1.54) is 28.9 Å². The van der Waals surface area contributed by atoms with Crippen LogP contribution in [0.3, 0.4) is 0 Å². The van der Waals surface area contributed by atoms with Crippen molar-refractivity contribution >= 4 is 33.7 Å². The SMILES string of the molecule is Cc1csc(-c2c(N)nsc2NCc2ccccc2F)n1. The minimum absolute atomic E-state index is 0.228. The van der Waals surface area contributed by atoms with Crippen LogP contribution in [0.1, 0.15) is 11.3 Å². The lowest BCUT2D eigenvalue weighted by molar-refractivity contribution is 0.613. The van der Waals surface area contributed by atoms with Crippen LogP contribution < -0.4 is 11.1 Å². The predicted molar refractivity (Wildman–Crippen MR) is 86.1 cm³/mol. The maximum atomic E-state index is 13.6. The van der Waals surface area contributed by atoms with Gasteiger partial charge in [-0.15, -0.1) is 11.3 Å². The zero-order chi connectivity index (χ0) is 14.8. The molecule has 0 saturated carbocycles. The largest absolute Gasteiger partial charge is 0.382 e. The van der Waals surface area contributed by atoms with Crippen molar-refractivity contribution in [2.45, 2.75) is 13.5 Å². The summed E-state index contributed by atoms with van der Waals surface area (Å²) < 4.78 is 17.8. The number of nitrogens with one attached hydrogen (secondary N) is 1. The molecule has 0 unspecified atom stereocenters. The van der Waals surface area contributed by atoms with Gasteiger partial charge in [-0.05, 0) is 24.5 Å². The lowest BCUT2D eigenvalue weighted by Crippen LogP contribution is -2.01. The number of halogens is 1. The first kappa shape index (κ1) is 14.0. The van der Waals surface area contributed by atoms with E-state index in [4.69, 9.17) is 5.73 Å². The van der Waals surface area contributed by atoms with Crippen LogP contribution in [-0.4, -0.2) is 9.36 Å². The zero-order valence-electron chi connectivity index (χ0n) is 11.3. The second kappa shape index (κ2) is 5.79. The summed E-state index contributed by atoms with van der Waals surface area (Å²) in [5.41, 5.74) is 8.28. The first-order valence-electron chi connectivity index (χ1n) is 6.30. The van der Waals surface area contributed by atoms with E-state index in [0.717, 1.165) is 21.3 Å². The first-order chi connectivity index (χ1) is 10.1. The quantitative estimate of drug-likeness (QED) is 0.765. The van der Waals surface area contributed by atoms with Crippen molar-refractivity contribution in [1.82, 2.24) is 9.36 Å². The van der Waals surface area contributed by atoms with E-state index >= 15 is 0 Å². The number of aryl methyl sites for hydroxylation is 1. The normalized spacial score (nSPS) is 10.8. The average molecular weight is 320 g/mol. The van der Waals surface area contributed by atoms with E-state index in [2.05, 4.69) is 14.7 Å². The Morgan fingerprint density at radius 1 is 1.33 bits per heavy atom. The second-order valence-electron chi connectivity index (χ2n) is 4.51. The molecule has 0 bridgehead atoms. The zero-order valence-corrected chi connectivity index (χ0v) is 12.9. The molecule has 0 aliphatic carbocycles. The van der Waals surface area contributed by atoms with Crippen LogP contribution in [0.4, 0.5) is 15.2 Å². The van der Waals surface area contributed by atoms with Crippen LogP contribution in [0, 0.1) is 12.7 Å². The summed E-state index contributed by atoms with van der Waals surface area (Å²) in [4.78, 5) is 4.44. The Balaban J connectivity index is 1.85. The first-order valence-corrected chi connectivity index (χ1v) is 7.95. The van der Waals surface area contributed by atoms with Gasteiger partial charge < -0.3 is 11.1 Å². The van der Waals surface area contributed by atoms with E-state index in [9.17, 15) is 4.39 Å². The number of nitrogen functional groups attached to an aromatic ring is 1. The lowest BCUT2D eigenvalue weighted by Gasteiger charge is -2.06. The second-order valence-corrected chi connectivity index (χ2v) is 6.14. The number of rotatable bonds is 4. The molecule has 0 spiro atoms. The third-order valence-electron chi connectivity index (χ3n) is 2.95. The van der Waals surface area contributed by atoms with Crippen LogP contribution in [0.5, 0.6) is 0 Å². The van der Waals surface area contributed by atoms with E-state index in [-0.39, 0.29) is 5.82 Å². The summed E-state index contributed by atoms with van der Waals surface area (Å²) >= 11 is 2.79. The van der Waals surface area contributed by atoms with Gasteiger partial charge in [0.05, 0.1) is 5.56 Å². The fraction of sp³-hybridized carbons (Fsp3) is 0.143. The van der Waals surface area contributed by atoms with Crippen molar-refractivity contribution in [2.24, 2.45) is 0 Å². The fourth-order valence-electron chi connectivity index (χ4n) is 1.92. The molecule has 1 aromatic carbocycles. The molecule has 0 amide bonds. The summed E-state index contributed by atoms with van der Waals surface area (Å²) in [5.74, 6) is 0.222. The highest BCUT2D eigenvalue weighted by Gasteiger charge is 2.16. The Bertz CT molecular complexity index is 766. The number of nitrogens with zero attached hydrogens (tertiary/aromatic N) is 2. The van der Waals surface area contributed by atoms with Crippen molar-refractivity contribution in [3.63, 3.8) is 0 Å². The van der Waals surface area contributed by atoms with E-state index < -0.39 is 0 Å². The fourth-order valence-corrected chi connectivity index (χ4v) is 3.55. The molecule has 0 saturated heterocycles. The molecule has 2 aromatic heterocycles. The Kier molecular flexibility index (Phi) is 3.85. The van der Waals surface area contributed by atoms with Crippen molar-refractivity contribution in [3.8, 4) is 10.6 Å². The Hall–Kier alpha value is -1.99. The number of nitrogens with two attached hydrogens (primary N) is 1. The van der Waals surface area contributed by atoms with Gasteiger partial charge in [-0.25, -0.2) is 9.37 Å². The van der Waals surface area contributed by atoms with Gasteiger partial charge in [0.1, 0.15) is 21.6 Å². The molecule has 21 heavy (non-hydrogen) atoms. The van der Waals surface area contributed by atoms with Gasteiger partial charge in [-0.3, -0.25) is 0 Å². The predicted octanol–water partition coefficient (Wildman–Crippen LogP) is 3.91. The van der Waals surface area contributed by atoms with Gasteiger partial charge in [0.2, 0.25) is 0 Å². The number of benzene rings is 1. The minimum atomic E-state index is -0.228. The van der Waals surface area contributed by atoms with Crippen molar-refractivity contribution < 1.29 is 4.39 Å². The molecule has 0 aliphatic rings. The molecular formula is C14H13FN4S2. The molecule has 3 aromatic rings. The van der Waals surface area contributed by atoms with Gasteiger partial charge in [0, 0.05) is 23.2 Å². The van der Waals surface area contributed by atoms with Crippen molar-refractivity contribution in [1.29, 1.82) is 0 Å². The highest BCUT2D eigenvalue weighted by molar-refractivity contribution is 7.15. The van der Waals surface area contributed by atoms with Gasteiger partial charge in [0.25, 0.3) is 0 Å². The molecular weight excluding hydrogens is 307 g/mol. The van der Waals surface area contributed by atoms with Gasteiger partial charge in [0.15, 0.2) is 0 Å². The molecule has 2 heterocycles. The van der Waals surface area contributed by atoms with Crippen molar-refractivity contribution in [2.75, 3.05) is 11.1 Å². The molecule has 3 N–H and O–H groups in total. The summed E-state index contributed by atoms with van der Waals surface area (Å²) in [6, 6.07) is 6.68. The minimum Gasteiger partial charge on any atom is -0.382 e. The van der Waals surface area contributed by atoms with E-state index in [0.29, 0.717) is 17.9 Å². The van der Waals surface area contributed by atoms with Crippen molar-refractivity contribution in [3.05, 3.63) is 46.7 Å².